The van der Waals surface area contributed by atoms with Crippen LogP contribution >= 0.6 is 12.4 Å². The fourth-order valence-electron chi connectivity index (χ4n) is 2.15. The predicted molar refractivity (Wildman–Crippen MR) is 70.9 cm³/mol. The lowest BCUT2D eigenvalue weighted by Crippen LogP contribution is -2.21. The second-order valence-corrected chi connectivity index (χ2v) is 3.99. The molecule has 3 rings (SSSR count). The molecule has 1 heterocycles. The number of benzene rings is 2. The lowest BCUT2D eigenvalue weighted by Gasteiger charge is -2.17. The smallest absolute Gasteiger partial charge is 0.236 e. The van der Waals surface area contributed by atoms with Crippen molar-refractivity contribution in [2.75, 3.05) is 4.90 Å². The van der Waals surface area contributed by atoms with Crippen molar-refractivity contribution in [3.63, 3.8) is 0 Å². The molecule has 0 aromatic heterocycles. The van der Waals surface area contributed by atoms with Crippen LogP contribution in [0.3, 0.4) is 0 Å². The van der Waals surface area contributed by atoms with Crippen LogP contribution in [0.2, 0.25) is 0 Å². The number of fused-ring (bicyclic) bond motifs is 1. The molecule has 0 spiro atoms. The lowest BCUT2D eigenvalue weighted by atomic mass is 10.2. The molecular weight excluding hydrogens is 253 g/mol. The number of para-hydroxylation sites is 2. The van der Waals surface area contributed by atoms with Gasteiger partial charge in [-0.1, -0.05) is 30.3 Å². The van der Waals surface area contributed by atoms with Gasteiger partial charge in [0.15, 0.2) is 0 Å². The third-order valence-corrected chi connectivity index (χ3v) is 2.92. The SMILES string of the molecule is Cl.O=C1Cc2ccccc2N1c1ccccc1F. The average molecular weight is 264 g/mol. The Labute approximate surface area is 110 Å². The number of halogens is 2. The standard InChI is InChI=1S/C14H10FNO.ClH/c15-11-6-2-4-8-13(11)16-12-7-3-1-5-10(12)9-14(16)17;/h1-8H,9H2;1H. The Hall–Kier alpha value is -1.87. The molecule has 0 unspecified atom stereocenters. The topological polar surface area (TPSA) is 20.3 Å². The number of anilines is 2. The van der Waals surface area contributed by atoms with Gasteiger partial charge in [-0.05, 0) is 23.8 Å². The van der Waals surface area contributed by atoms with Crippen LogP contribution in [0.25, 0.3) is 0 Å². The van der Waals surface area contributed by atoms with Crippen LogP contribution in [0.1, 0.15) is 5.56 Å². The summed E-state index contributed by atoms with van der Waals surface area (Å²) in [6.45, 7) is 0. The summed E-state index contributed by atoms with van der Waals surface area (Å²) in [4.78, 5) is 13.4. The molecule has 0 saturated carbocycles. The number of hydrogen-bond acceptors (Lipinski definition) is 1. The fraction of sp³-hybridized carbons (Fsp3) is 0.0714. The van der Waals surface area contributed by atoms with Gasteiger partial charge in [0.1, 0.15) is 5.82 Å². The van der Waals surface area contributed by atoms with Gasteiger partial charge in [-0.15, -0.1) is 12.4 Å². The van der Waals surface area contributed by atoms with E-state index in [0.717, 1.165) is 11.3 Å². The van der Waals surface area contributed by atoms with Gasteiger partial charge in [-0.2, -0.15) is 0 Å². The summed E-state index contributed by atoms with van der Waals surface area (Å²) in [5.74, 6) is -0.464. The number of carbonyl (C=O) groups excluding carboxylic acids is 1. The molecule has 2 nitrogen and oxygen atoms in total. The molecule has 0 fully saturated rings. The maximum atomic E-state index is 13.7. The molecule has 92 valence electrons. The maximum absolute atomic E-state index is 13.7. The molecule has 0 N–H and O–H groups in total. The van der Waals surface area contributed by atoms with Gasteiger partial charge in [0.05, 0.1) is 17.8 Å². The van der Waals surface area contributed by atoms with E-state index >= 15 is 0 Å². The highest BCUT2D eigenvalue weighted by Gasteiger charge is 2.29. The van der Waals surface area contributed by atoms with Crippen molar-refractivity contribution >= 4 is 29.7 Å². The summed E-state index contributed by atoms with van der Waals surface area (Å²) in [6, 6.07) is 13.8. The van der Waals surface area contributed by atoms with Gasteiger partial charge in [-0.3, -0.25) is 9.69 Å². The first-order valence-corrected chi connectivity index (χ1v) is 5.43. The van der Waals surface area contributed by atoms with Crippen molar-refractivity contribution in [2.45, 2.75) is 6.42 Å². The first kappa shape index (κ1) is 12.6. The minimum Gasteiger partial charge on any atom is -0.278 e. The van der Waals surface area contributed by atoms with E-state index in [9.17, 15) is 9.18 Å². The molecule has 0 saturated heterocycles. The van der Waals surface area contributed by atoms with Crippen molar-refractivity contribution in [3.8, 4) is 0 Å². The van der Waals surface area contributed by atoms with Crippen molar-refractivity contribution in [2.24, 2.45) is 0 Å². The minimum atomic E-state index is -0.377. The molecule has 18 heavy (non-hydrogen) atoms. The van der Waals surface area contributed by atoms with Crippen LogP contribution in [0, 0.1) is 5.82 Å². The Bertz CT molecular complexity index is 600. The zero-order valence-electron chi connectivity index (χ0n) is 9.47. The van der Waals surface area contributed by atoms with Crippen LogP contribution < -0.4 is 4.90 Å². The molecule has 1 amide bonds. The van der Waals surface area contributed by atoms with Crippen LogP contribution in [0.4, 0.5) is 15.8 Å². The number of amides is 1. The van der Waals surface area contributed by atoms with Gasteiger partial charge in [0, 0.05) is 0 Å². The quantitative estimate of drug-likeness (QED) is 0.771. The highest BCUT2D eigenvalue weighted by atomic mass is 35.5. The van der Waals surface area contributed by atoms with Crippen LogP contribution in [0.5, 0.6) is 0 Å². The zero-order valence-corrected chi connectivity index (χ0v) is 10.3. The van der Waals surface area contributed by atoms with E-state index in [-0.39, 0.29) is 24.1 Å². The van der Waals surface area contributed by atoms with Crippen molar-refractivity contribution in [1.82, 2.24) is 0 Å². The van der Waals surface area contributed by atoms with Gasteiger partial charge in [-0.25, -0.2) is 4.39 Å². The average Bonchev–Trinajstić information content (AvgIpc) is 2.66. The molecular formula is C14H11ClFNO. The third-order valence-electron chi connectivity index (χ3n) is 2.92. The lowest BCUT2D eigenvalue weighted by molar-refractivity contribution is -0.116. The van der Waals surface area contributed by atoms with Crippen molar-refractivity contribution in [1.29, 1.82) is 0 Å². The normalized spacial score (nSPS) is 13.2. The van der Waals surface area contributed by atoms with Crippen LogP contribution in [0.15, 0.2) is 48.5 Å². The highest BCUT2D eigenvalue weighted by Crippen LogP contribution is 2.36. The zero-order chi connectivity index (χ0) is 11.8. The molecule has 1 aliphatic rings. The van der Waals surface area contributed by atoms with E-state index in [4.69, 9.17) is 0 Å². The minimum absolute atomic E-state index is 0. The molecule has 0 bridgehead atoms. The molecule has 2 aromatic rings. The Morgan fingerprint density at radius 3 is 2.28 bits per heavy atom. The fourth-order valence-corrected chi connectivity index (χ4v) is 2.15. The summed E-state index contributed by atoms with van der Waals surface area (Å²) >= 11 is 0. The largest absolute Gasteiger partial charge is 0.278 e. The van der Waals surface area contributed by atoms with E-state index in [2.05, 4.69) is 0 Å². The van der Waals surface area contributed by atoms with Crippen LogP contribution in [-0.4, -0.2) is 5.91 Å². The number of carbonyl (C=O) groups is 1. The van der Waals surface area contributed by atoms with Gasteiger partial charge < -0.3 is 0 Å². The van der Waals surface area contributed by atoms with E-state index < -0.39 is 0 Å². The number of nitrogens with zero attached hydrogens (tertiary/aromatic N) is 1. The monoisotopic (exact) mass is 263 g/mol. The number of rotatable bonds is 1. The van der Waals surface area contributed by atoms with Gasteiger partial charge in [0.2, 0.25) is 5.91 Å². The highest BCUT2D eigenvalue weighted by molar-refractivity contribution is 6.07. The van der Waals surface area contributed by atoms with E-state index in [1.807, 2.05) is 24.3 Å². The summed E-state index contributed by atoms with van der Waals surface area (Å²) in [6.07, 6.45) is 0.338. The summed E-state index contributed by atoms with van der Waals surface area (Å²) in [5, 5.41) is 0. The Kier molecular flexibility index (Phi) is 3.34. The molecule has 1 aliphatic heterocycles. The Morgan fingerprint density at radius 1 is 0.944 bits per heavy atom. The first-order valence-electron chi connectivity index (χ1n) is 5.43. The second-order valence-electron chi connectivity index (χ2n) is 3.99. The predicted octanol–water partition coefficient (Wildman–Crippen LogP) is 3.47. The van der Waals surface area contributed by atoms with Crippen molar-refractivity contribution < 1.29 is 9.18 Å². The van der Waals surface area contributed by atoms with Gasteiger partial charge in [0.25, 0.3) is 0 Å². The van der Waals surface area contributed by atoms with Crippen molar-refractivity contribution in [3.05, 3.63) is 59.9 Å². The molecule has 0 aliphatic carbocycles. The van der Waals surface area contributed by atoms with Gasteiger partial charge >= 0.3 is 0 Å². The summed E-state index contributed by atoms with van der Waals surface area (Å²) in [7, 11) is 0. The molecule has 0 radical (unpaired) electrons. The molecule has 2 aromatic carbocycles. The second kappa shape index (κ2) is 4.78. The Morgan fingerprint density at radius 2 is 1.56 bits per heavy atom. The number of hydrogen-bond donors (Lipinski definition) is 0. The molecule has 0 atom stereocenters. The summed E-state index contributed by atoms with van der Waals surface area (Å²) in [5.41, 5.74) is 2.05. The third kappa shape index (κ3) is 1.87. The summed E-state index contributed by atoms with van der Waals surface area (Å²) < 4.78 is 13.7. The van der Waals surface area contributed by atoms with Crippen LogP contribution in [-0.2, 0) is 11.2 Å². The maximum Gasteiger partial charge on any atom is 0.236 e. The first-order chi connectivity index (χ1) is 8.27. The van der Waals surface area contributed by atoms with E-state index in [1.165, 1.54) is 11.0 Å². The van der Waals surface area contributed by atoms with E-state index in [0.29, 0.717) is 12.1 Å². The van der Waals surface area contributed by atoms with E-state index in [1.54, 1.807) is 18.2 Å². The Balaban J connectivity index is 0.00000120. The molecule has 4 heteroatoms.